The molecule has 1 unspecified atom stereocenters. The molecule has 120 valence electrons. The normalized spacial score (nSPS) is 13.3. The van der Waals surface area contributed by atoms with Crippen molar-refractivity contribution in [3.05, 3.63) is 36.5 Å². The zero-order chi connectivity index (χ0) is 16.2. The van der Waals surface area contributed by atoms with Crippen molar-refractivity contribution < 1.29 is 23.4 Å². The Morgan fingerprint density at radius 2 is 1.91 bits per heavy atom. The maximum Gasteiger partial charge on any atom is 0.406 e. The number of halogens is 3. The van der Waals surface area contributed by atoms with Crippen LogP contribution in [0.15, 0.2) is 41.7 Å². The van der Waals surface area contributed by atoms with Gasteiger partial charge in [0.2, 0.25) is 0 Å². The lowest BCUT2D eigenvalue weighted by Crippen LogP contribution is -2.20. The van der Waals surface area contributed by atoms with E-state index in [1.54, 1.807) is 30.3 Å². The Kier molecular flexibility index (Phi) is 5.49. The lowest BCUT2D eigenvalue weighted by atomic mass is 10.2. The van der Waals surface area contributed by atoms with Crippen molar-refractivity contribution in [1.82, 2.24) is 9.55 Å². The van der Waals surface area contributed by atoms with Crippen molar-refractivity contribution in [2.24, 2.45) is 0 Å². The van der Waals surface area contributed by atoms with E-state index < -0.39 is 25.4 Å². The summed E-state index contributed by atoms with van der Waals surface area (Å²) in [6, 6.07) is 8.67. The predicted molar refractivity (Wildman–Crippen MR) is 77.5 cm³/mol. The van der Waals surface area contributed by atoms with Crippen LogP contribution in [0.5, 0.6) is 0 Å². The van der Waals surface area contributed by atoms with Gasteiger partial charge in [-0.25, -0.2) is 4.98 Å². The molecule has 8 heteroatoms. The molecule has 2 rings (SSSR count). The molecule has 4 nitrogen and oxygen atoms in total. The number of imidazole rings is 1. The summed E-state index contributed by atoms with van der Waals surface area (Å²) in [5.74, 6) is 0.0690. The third kappa shape index (κ3) is 4.49. The molecular formula is C14H15F3N2O2S. The SMILES string of the molecule is OCC(O)CSc1ncc(-c2ccccc2)n1CC(F)(F)F. The van der Waals surface area contributed by atoms with Gasteiger partial charge in [-0.15, -0.1) is 0 Å². The van der Waals surface area contributed by atoms with E-state index in [0.717, 1.165) is 16.3 Å². The molecule has 1 aromatic heterocycles. The van der Waals surface area contributed by atoms with Crippen LogP contribution in [0.2, 0.25) is 0 Å². The molecule has 1 atom stereocenters. The number of thioether (sulfide) groups is 1. The number of aromatic nitrogens is 2. The van der Waals surface area contributed by atoms with Crippen LogP contribution in [0.4, 0.5) is 13.2 Å². The summed E-state index contributed by atoms with van der Waals surface area (Å²) in [5.41, 5.74) is 0.993. The summed E-state index contributed by atoms with van der Waals surface area (Å²) in [7, 11) is 0. The Morgan fingerprint density at radius 3 is 2.50 bits per heavy atom. The molecule has 2 aromatic rings. The number of alkyl halides is 3. The fourth-order valence-electron chi connectivity index (χ4n) is 1.87. The summed E-state index contributed by atoms with van der Waals surface area (Å²) >= 11 is 0.978. The van der Waals surface area contributed by atoms with Gasteiger partial charge in [0.1, 0.15) is 6.54 Å². The van der Waals surface area contributed by atoms with Gasteiger partial charge in [0.25, 0.3) is 0 Å². The number of rotatable bonds is 6. The van der Waals surface area contributed by atoms with E-state index in [-0.39, 0.29) is 10.9 Å². The van der Waals surface area contributed by atoms with E-state index in [0.29, 0.717) is 11.3 Å². The molecule has 22 heavy (non-hydrogen) atoms. The molecule has 0 spiro atoms. The van der Waals surface area contributed by atoms with Gasteiger partial charge < -0.3 is 14.8 Å². The molecule has 0 aliphatic rings. The highest BCUT2D eigenvalue weighted by atomic mass is 32.2. The van der Waals surface area contributed by atoms with Crippen LogP contribution in [0, 0.1) is 0 Å². The van der Waals surface area contributed by atoms with E-state index in [1.807, 2.05) is 0 Å². The van der Waals surface area contributed by atoms with Crippen LogP contribution < -0.4 is 0 Å². The van der Waals surface area contributed by atoms with Gasteiger partial charge in [0.05, 0.1) is 24.6 Å². The number of benzene rings is 1. The Bertz CT molecular complexity index is 602. The molecule has 0 saturated heterocycles. The minimum atomic E-state index is -4.38. The number of hydrogen-bond acceptors (Lipinski definition) is 4. The fourth-order valence-corrected chi connectivity index (χ4v) is 2.76. The van der Waals surface area contributed by atoms with Crippen LogP contribution in [0.1, 0.15) is 0 Å². The molecule has 0 fully saturated rings. The zero-order valence-corrected chi connectivity index (χ0v) is 12.3. The van der Waals surface area contributed by atoms with Crippen LogP contribution in [-0.4, -0.2) is 44.4 Å². The number of aliphatic hydroxyl groups excluding tert-OH is 2. The highest BCUT2D eigenvalue weighted by molar-refractivity contribution is 7.99. The van der Waals surface area contributed by atoms with Gasteiger partial charge in [-0.1, -0.05) is 42.1 Å². The molecule has 0 amide bonds. The minimum Gasteiger partial charge on any atom is -0.394 e. The number of hydrogen-bond donors (Lipinski definition) is 2. The van der Waals surface area contributed by atoms with E-state index in [1.165, 1.54) is 6.20 Å². The van der Waals surface area contributed by atoms with Crippen LogP contribution in [0.25, 0.3) is 11.3 Å². The first-order valence-corrected chi connectivity index (χ1v) is 7.48. The van der Waals surface area contributed by atoms with E-state index in [4.69, 9.17) is 5.11 Å². The second-order valence-electron chi connectivity index (χ2n) is 4.64. The molecule has 0 radical (unpaired) electrons. The smallest absolute Gasteiger partial charge is 0.394 e. The lowest BCUT2D eigenvalue weighted by Gasteiger charge is -2.14. The second kappa shape index (κ2) is 7.17. The van der Waals surface area contributed by atoms with Crippen LogP contribution in [0.3, 0.4) is 0 Å². The van der Waals surface area contributed by atoms with Crippen molar-refractivity contribution in [2.45, 2.75) is 24.0 Å². The predicted octanol–water partition coefficient (Wildman–Crippen LogP) is 2.56. The topological polar surface area (TPSA) is 58.3 Å². The Morgan fingerprint density at radius 1 is 1.23 bits per heavy atom. The van der Waals surface area contributed by atoms with Crippen molar-refractivity contribution in [3.63, 3.8) is 0 Å². The van der Waals surface area contributed by atoms with Gasteiger partial charge in [-0.05, 0) is 5.56 Å². The maximum absolute atomic E-state index is 12.8. The standard InChI is InChI=1S/C14H15F3N2O2S/c15-14(16,17)9-19-12(10-4-2-1-3-5-10)6-18-13(19)22-8-11(21)7-20/h1-6,11,20-21H,7-9H2. The Labute approximate surface area is 129 Å². The van der Waals surface area contributed by atoms with Gasteiger partial charge in [-0.2, -0.15) is 13.2 Å². The first-order chi connectivity index (χ1) is 10.4. The fraction of sp³-hybridized carbons (Fsp3) is 0.357. The Balaban J connectivity index is 2.32. The highest BCUT2D eigenvalue weighted by Crippen LogP contribution is 2.30. The lowest BCUT2D eigenvalue weighted by molar-refractivity contribution is -0.141. The van der Waals surface area contributed by atoms with E-state index in [2.05, 4.69) is 4.98 Å². The molecule has 2 N–H and O–H groups in total. The highest BCUT2D eigenvalue weighted by Gasteiger charge is 2.30. The molecule has 0 aliphatic heterocycles. The summed E-state index contributed by atoms with van der Waals surface area (Å²) in [6.07, 6.45) is -4.00. The van der Waals surface area contributed by atoms with Gasteiger partial charge in [-0.3, -0.25) is 0 Å². The summed E-state index contributed by atoms with van der Waals surface area (Å²) in [6.45, 7) is -1.60. The molecule has 1 aromatic carbocycles. The molecule has 0 bridgehead atoms. The van der Waals surface area contributed by atoms with Crippen molar-refractivity contribution in [2.75, 3.05) is 12.4 Å². The third-order valence-electron chi connectivity index (χ3n) is 2.84. The Hall–Kier alpha value is -1.51. The molecular weight excluding hydrogens is 317 g/mol. The largest absolute Gasteiger partial charge is 0.406 e. The second-order valence-corrected chi connectivity index (χ2v) is 5.63. The molecule has 1 heterocycles. The average molecular weight is 332 g/mol. The number of aliphatic hydroxyl groups is 2. The monoisotopic (exact) mass is 332 g/mol. The molecule has 0 saturated carbocycles. The quantitative estimate of drug-likeness (QED) is 0.798. The summed E-state index contributed by atoms with van der Waals surface area (Å²) < 4.78 is 39.5. The van der Waals surface area contributed by atoms with E-state index >= 15 is 0 Å². The third-order valence-corrected chi connectivity index (χ3v) is 3.98. The minimum absolute atomic E-state index is 0.0690. The summed E-state index contributed by atoms with van der Waals surface area (Å²) in [5, 5.41) is 18.3. The average Bonchev–Trinajstić information content (AvgIpc) is 2.86. The zero-order valence-electron chi connectivity index (χ0n) is 11.5. The number of nitrogens with zero attached hydrogens (tertiary/aromatic N) is 2. The molecule has 0 aliphatic carbocycles. The van der Waals surface area contributed by atoms with Crippen LogP contribution >= 0.6 is 11.8 Å². The van der Waals surface area contributed by atoms with Gasteiger partial charge >= 0.3 is 6.18 Å². The van der Waals surface area contributed by atoms with Crippen molar-refractivity contribution in [3.8, 4) is 11.3 Å². The van der Waals surface area contributed by atoms with Gasteiger partial charge in [0.15, 0.2) is 5.16 Å². The summed E-state index contributed by atoms with van der Waals surface area (Å²) in [4.78, 5) is 4.02. The van der Waals surface area contributed by atoms with Crippen LogP contribution in [-0.2, 0) is 6.54 Å². The first-order valence-electron chi connectivity index (χ1n) is 6.50. The van der Waals surface area contributed by atoms with E-state index in [9.17, 15) is 18.3 Å². The van der Waals surface area contributed by atoms with Gasteiger partial charge in [0, 0.05) is 5.75 Å². The van der Waals surface area contributed by atoms with Crippen molar-refractivity contribution >= 4 is 11.8 Å². The van der Waals surface area contributed by atoms with Crippen molar-refractivity contribution in [1.29, 1.82) is 0 Å². The maximum atomic E-state index is 12.8. The first kappa shape index (κ1) is 16.9.